The molecule has 0 aliphatic rings. The van der Waals surface area contributed by atoms with Crippen LogP contribution in [0.5, 0.6) is 0 Å². The quantitative estimate of drug-likeness (QED) is 0.0356. The minimum absolute atomic E-state index is 0.0878. The lowest BCUT2D eigenvalue weighted by molar-refractivity contribution is -0.154. The first kappa shape index (κ1) is 65.5. The van der Waals surface area contributed by atoms with Gasteiger partial charge in [0.25, 0.3) is 0 Å². The number of phosphoric acid groups is 1. The van der Waals surface area contributed by atoms with Gasteiger partial charge in [0.15, 0.2) is 0 Å². The van der Waals surface area contributed by atoms with E-state index in [-0.39, 0.29) is 19.2 Å². The SMILES string of the molecule is CCCCCCCCCCCCCCCCCCCCCCCCCCCCCCCCC(=O)O[C@H](COCCCCCCCCCCCCCCCCCCCCCC)COP(=O)(O)O. The Morgan fingerprint density at radius 1 is 0.348 bits per heavy atom. The van der Waals surface area contributed by atoms with Crippen LogP contribution in [0.1, 0.15) is 341 Å². The van der Waals surface area contributed by atoms with Gasteiger partial charge in [-0.15, -0.1) is 0 Å². The van der Waals surface area contributed by atoms with E-state index in [1.807, 2.05) is 0 Å². The van der Waals surface area contributed by atoms with Crippen molar-refractivity contribution in [2.75, 3.05) is 19.8 Å². The highest BCUT2D eigenvalue weighted by Crippen LogP contribution is 2.36. The number of carbonyl (C=O) groups excluding carboxylic acids is 1. The van der Waals surface area contributed by atoms with Crippen LogP contribution in [-0.2, 0) is 23.4 Å². The predicted molar refractivity (Wildman–Crippen MR) is 286 cm³/mol. The van der Waals surface area contributed by atoms with E-state index >= 15 is 0 Å². The summed E-state index contributed by atoms with van der Waals surface area (Å²) in [4.78, 5) is 30.9. The topological polar surface area (TPSA) is 102 Å². The van der Waals surface area contributed by atoms with E-state index in [0.29, 0.717) is 13.0 Å². The number of ether oxygens (including phenoxy) is 2. The summed E-state index contributed by atoms with van der Waals surface area (Å²) in [5.41, 5.74) is 0. The summed E-state index contributed by atoms with van der Waals surface area (Å²) in [6.07, 6.45) is 67.3. The number of unbranched alkanes of at least 4 members (excludes halogenated alkanes) is 48. The highest BCUT2D eigenvalue weighted by Gasteiger charge is 2.21. The summed E-state index contributed by atoms with van der Waals surface area (Å²) in [5.74, 6) is -0.350. The Bertz CT molecular complexity index is 973. The Morgan fingerprint density at radius 2 is 0.576 bits per heavy atom. The van der Waals surface area contributed by atoms with Crippen LogP contribution in [0.25, 0.3) is 0 Å². The van der Waals surface area contributed by atoms with Crippen molar-refractivity contribution in [2.24, 2.45) is 0 Å². The van der Waals surface area contributed by atoms with Crippen molar-refractivity contribution in [3.63, 3.8) is 0 Å². The zero-order valence-electron chi connectivity index (χ0n) is 44.6. The molecule has 0 heterocycles. The fourth-order valence-corrected chi connectivity index (χ4v) is 9.87. The summed E-state index contributed by atoms with van der Waals surface area (Å²) in [6, 6.07) is 0. The number of carbonyl (C=O) groups is 1. The Kier molecular flexibility index (Phi) is 55.1. The van der Waals surface area contributed by atoms with Gasteiger partial charge in [-0.2, -0.15) is 0 Å². The van der Waals surface area contributed by atoms with Gasteiger partial charge in [0.2, 0.25) is 0 Å². The molecule has 0 spiro atoms. The van der Waals surface area contributed by atoms with E-state index in [9.17, 15) is 19.1 Å². The van der Waals surface area contributed by atoms with Crippen molar-refractivity contribution in [3.8, 4) is 0 Å². The Labute approximate surface area is 412 Å². The predicted octanol–water partition coefficient (Wildman–Crippen LogP) is 20.0. The van der Waals surface area contributed by atoms with Crippen LogP contribution in [-0.4, -0.2) is 41.7 Å². The van der Waals surface area contributed by atoms with E-state index in [2.05, 4.69) is 18.4 Å². The van der Waals surface area contributed by atoms with Crippen LogP contribution in [0.4, 0.5) is 0 Å². The van der Waals surface area contributed by atoms with Crippen molar-refractivity contribution in [1.82, 2.24) is 0 Å². The third-order valence-electron chi connectivity index (χ3n) is 13.9. The first-order valence-corrected chi connectivity index (χ1v) is 31.4. The molecule has 0 aromatic carbocycles. The maximum absolute atomic E-state index is 12.5. The molecule has 0 radical (unpaired) electrons. The summed E-state index contributed by atoms with van der Waals surface area (Å²) < 4.78 is 27.2. The molecule has 0 saturated heterocycles. The maximum atomic E-state index is 12.5. The molecule has 0 aromatic rings. The first-order valence-electron chi connectivity index (χ1n) is 29.9. The minimum Gasteiger partial charge on any atom is -0.457 e. The molecule has 396 valence electrons. The molecule has 0 fully saturated rings. The number of hydrogen-bond acceptors (Lipinski definition) is 5. The van der Waals surface area contributed by atoms with Gasteiger partial charge in [0.1, 0.15) is 6.10 Å². The normalized spacial score (nSPS) is 12.4. The Balaban J connectivity index is 3.57. The second-order valence-electron chi connectivity index (χ2n) is 20.7. The maximum Gasteiger partial charge on any atom is 0.469 e. The van der Waals surface area contributed by atoms with E-state index in [0.717, 1.165) is 32.1 Å². The zero-order chi connectivity index (χ0) is 48.0. The molecule has 8 heteroatoms. The molecule has 1 atom stereocenters. The summed E-state index contributed by atoms with van der Waals surface area (Å²) in [5, 5.41) is 0. The number of esters is 1. The molecule has 0 aromatic heterocycles. The molecule has 0 rings (SSSR count). The number of phosphoric ester groups is 1. The molecule has 7 nitrogen and oxygen atoms in total. The van der Waals surface area contributed by atoms with Gasteiger partial charge in [-0.3, -0.25) is 9.32 Å². The Morgan fingerprint density at radius 3 is 0.818 bits per heavy atom. The molecule has 0 bridgehead atoms. The summed E-state index contributed by atoms with van der Waals surface area (Å²) in [6.45, 7) is 4.85. The van der Waals surface area contributed by atoms with Crippen LogP contribution < -0.4 is 0 Å². The lowest BCUT2D eigenvalue weighted by atomic mass is 10.0. The minimum atomic E-state index is -4.66. The molecule has 0 aliphatic carbocycles. The van der Waals surface area contributed by atoms with Crippen molar-refractivity contribution in [1.29, 1.82) is 0 Å². The molecular weight excluding hydrogens is 840 g/mol. The van der Waals surface area contributed by atoms with Gasteiger partial charge in [0, 0.05) is 13.0 Å². The van der Waals surface area contributed by atoms with Gasteiger partial charge in [-0.25, -0.2) is 4.57 Å². The molecule has 2 N–H and O–H groups in total. The summed E-state index contributed by atoms with van der Waals surface area (Å²) >= 11 is 0. The number of hydrogen-bond donors (Lipinski definition) is 2. The van der Waals surface area contributed by atoms with Gasteiger partial charge in [0.05, 0.1) is 13.2 Å². The second-order valence-corrected chi connectivity index (χ2v) is 21.9. The first-order chi connectivity index (χ1) is 32.4. The van der Waals surface area contributed by atoms with Crippen molar-refractivity contribution in [2.45, 2.75) is 347 Å². The van der Waals surface area contributed by atoms with Crippen LogP contribution in [0.2, 0.25) is 0 Å². The largest absolute Gasteiger partial charge is 0.469 e. The van der Waals surface area contributed by atoms with Gasteiger partial charge >= 0.3 is 13.8 Å². The van der Waals surface area contributed by atoms with E-state index < -0.39 is 13.9 Å². The standard InChI is InChI=1S/C58H117O7P/c1-3-5-7-9-11-13-15-17-19-21-23-25-26-27-28-29-30-31-32-33-34-35-37-39-41-43-45-47-49-51-53-58(59)65-57(56-64-66(60,61)62)55-63-54-52-50-48-46-44-42-40-38-36-24-22-20-18-16-14-12-10-8-6-4-2/h57H,3-56H2,1-2H3,(H2,60,61,62)/t57-/m1/s1. The van der Waals surface area contributed by atoms with Gasteiger partial charge < -0.3 is 19.3 Å². The van der Waals surface area contributed by atoms with Gasteiger partial charge in [-0.1, -0.05) is 322 Å². The van der Waals surface area contributed by atoms with Crippen molar-refractivity contribution >= 4 is 13.8 Å². The molecular formula is C58H117O7P. The van der Waals surface area contributed by atoms with Crippen molar-refractivity contribution < 1.29 is 33.1 Å². The highest BCUT2D eigenvalue weighted by atomic mass is 31.2. The second kappa shape index (κ2) is 55.5. The molecule has 0 amide bonds. The van der Waals surface area contributed by atoms with Crippen LogP contribution in [0.15, 0.2) is 0 Å². The monoisotopic (exact) mass is 957 g/mol. The third-order valence-corrected chi connectivity index (χ3v) is 14.4. The van der Waals surface area contributed by atoms with Crippen molar-refractivity contribution in [3.05, 3.63) is 0 Å². The third kappa shape index (κ3) is 57.9. The fourth-order valence-electron chi connectivity index (χ4n) is 9.51. The molecule has 0 saturated carbocycles. The van der Waals surface area contributed by atoms with Crippen LogP contribution >= 0.6 is 7.82 Å². The zero-order valence-corrected chi connectivity index (χ0v) is 45.5. The van der Waals surface area contributed by atoms with E-state index in [1.54, 1.807) is 0 Å². The number of rotatable bonds is 58. The molecule has 0 aliphatic heterocycles. The van der Waals surface area contributed by atoms with E-state index in [4.69, 9.17) is 9.47 Å². The molecule has 66 heavy (non-hydrogen) atoms. The van der Waals surface area contributed by atoms with Crippen LogP contribution in [0, 0.1) is 0 Å². The van der Waals surface area contributed by atoms with E-state index in [1.165, 1.54) is 289 Å². The lowest BCUT2D eigenvalue weighted by Gasteiger charge is -2.18. The lowest BCUT2D eigenvalue weighted by Crippen LogP contribution is -2.28. The van der Waals surface area contributed by atoms with Crippen LogP contribution in [0.3, 0.4) is 0 Å². The fraction of sp³-hybridized carbons (Fsp3) is 0.983. The van der Waals surface area contributed by atoms with Gasteiger partial charge in [-0.05, 0) is 12.8 Å². The average Bonchev–Trinajstić information content (AvgIpc) is 3.30. The smallest absolute Gasteiger partial charge is 0.457 e. The summed E-state index contributed by atoms with van der Waals surface area (Å²) in [7, 11) is -4.66. The highest BCUT2D eigenvalue weighted by molar-refractivity contribution is 7.46. The average molecular weight is 958 g/mol. The Hall–Kier alpha value is -0.460. The molecule has 0 unspecified atom stereocenters.